The van der Waals surface area contributed by atoms with Crippen molar-refractivity contribution in [2.45, 2.75) is 18.8 Å². The third-order valence-corrected chi connectivity index (χ3v) is 6.27. The summed E-state index contributed by atoms with van der Waals surface area (Å²) in [6.07, 6.45) is 9.77. The van der Waals surface area contributed by atoms with E-state index in [9.17, 15) is 14.9 Å². The number of para-hydroxylation sites is 1. The van der Waals surface area contributed by atoms with E-state index in [1.165, 1.54) is 12.1 Å². The van der Waals surface area contributed by atoms with E-state index in [1.54, 1.807) is 6.08 Å². The number of rotatable bonds is 6. The number of benzene rings is 3. The average molecular weight is 468 g/mol. The molecule has 0 aliphatic heterocycles. The second-order valence-corrected chi connectivity index (χ2v) is 8.68. The Balaban J connectivity index is 1.63. The number of pyridine rings is 1. The first kappa shape index (κ1) is 23.0. The van der Waals surface area contributed by atoms with Crippen LogP contribution in [0.1, 0.15) is 35.6 Å². The van der Waals surface area contributed by atoms with E-state index in [0.717, 1.165) is 51.7 Å². The Hall–Kier alpha value is -4.80. The van der Waals surface area contributed by atoms with Crippen molar-refractivity contribution in [1.82, 2.24) is 4.98 Å². The molecule has 1 aromatic heterocycles. The van der Waals surface area contributed by atoms with Gasteiger partial charge in [-0.15, -0.1) is 0 Å². The minimum absolute atomic E-state index is 0.0592. The van der Waals surface area contributed by atoms with Crippen LogP contribution in [0.25, 0.3) is 33.7 Å². The molecular weight excluding hydrogens is 445 g/mol. The lowest BCUT2D eigenvalue weighted by molar-refractivity contribution is 0.628. The number of aromatic nitrogens is 1. The van der Waals surface area contributed by atoms with Crippen LogP contribution in [-0.2, 0) is 0 Å². The summed E-state index contributed by atoms with van der Waals surface area (Å²) in [6, 6.07) is 28.0. The van der Waals surface area contributed by atoms with Crippen LogP contribution in [0.4, 0.5) is 4.39 Å². The van der Waals surface area contributed by atoms with Crippen molar-refractivity contribution in [2.24, 2.45) is 0 Å². The molecule has 3 aromatic carbocycles. The van der Waals surface area contributed by atoms with E-state index in [4.69, 9.17) is 4.98 Å². The molecule has 172 valence electrons. The van der Waals surface area contributed by atoms with E-state index < -0.39 is 0 Å². The first-order valence-electron chi connectivity index (χ1n) is 11.8. The molecule has 0 atom stereocenters. The van der Waals surface area contributed by atoms with Gasteiger partial charge in [0.15, 0.2) is 0 Å². The monoisotopic (exact) mass is 467 g/mol. The smallest absolute Gasteiger partial charge is 0.137 e. The summed E-state index contributed by atoms with van der Waals surface area (Å²) in [5, 5.41) is 19.9. The maximum Gasteiger partial charge on any atom is 0.137 e. The number of nitrogens with zero attached hydrogens (tertiary/aromatic N) is 3. The zero-order valence-corrected chi connectivity index (χ0v) is 19.5. The molecule has 1 aliphatic rings. The van der Waals surface area contributed by atoms with Gasteiger partial charge in [-0.2, -0.15) is 10.5 Å². The fourth-order valence-corrected chi connectivity index (χ4v) is 4.40. The highest BCUT2D eigenvalue weighted by molar-refractivity contribution is 5.99. The highest BCUT2D eigenvalue weighted by Gasteiger charge is 2.29. The summed E-state index contributed by atoms with van der Waals surface area (Å²) in [6.45, 7) is 0. The Morgan fingerprint density at radius 1 is 0.861 bits per heavy atom. The van der Waals surface area contributed by atoms with E-state index in [1.807, 2.05) is 97.1 Å². The second kappa shape index (κ2) is 10.2. The number of hydrogen-bond donors (Lipinski definition) is 0. The zero-order chi connectivity index (χ0) is 24.9. The van der Waals surface area contributed by atoms with Gasteiger partial charge in [0.05, 0.1) is 11.2 Å². The minimum Gasteiger partial charge on any atom is -0.252 e. The van der Waals surface area contributed by atoms with E-state index in [0.29, 0.717) is 11.5 Å². The normalized spacial score (nSPS) is 13.1. The highest BCUT2D eigenvalue weighted by atomic mass is 19.1. The predicted octanol–water partition coefficient (Wildman–Crippen LogP) is 7.99. The summed E-state index contributed by atoms with van der Waals surface area (Å²) >= 11 is 0. The second-order valence-electron chi connectivity index (χ2n) is 8.68. The fraction of sp³-hybridized carbons (Fsp3) is 0.0938. The number of halogens is 1. The molecule has 0 unspecified atom stereocenters. The van der Waals surface area contributed by atoms with Gasteiger partial charge in [0, 0.05) is 28.0 Å². The lowest BCUT2D eigenvalue weighted by Crippen LogP contribution is -1.98. The summed E-state index contributed by atoms with van der Waals surface area (Å²) in [4.78, 5) is 5.01. The molecular formula is C32H22FN3. The van der Waals surface area contributed by atoms with Gasteiger partial charge >= 0.3 is 0 Å². The Bertz CT molecular complexity index is 1580. The molecule has 0 spiro atoms. The molecule has 0 saturated heterocycles. The molecule has 0 bridgehead atoms. The molecule has 1 fully saturated rings. The number of allylic oxidation sites excluding steroid dienone is 5. The van der Waals surface area contributed by atoms with Crippen molar-refractivity contribution in [2.75, 3.05) is 0 Å². The molecule has 4 aromatic rings. The molecule has 36 heavy (non-hydrogen) atoms. The highest BCUT2D eigenvalue weighted by Crippen LogP contribution is 2.45. The Morgan fingerprint density at radius 2 is 1.56 bits per heavy atom. The Kier molecular flexibility index (Phi) is 6.52. The Morgan fingerprint density at radius 3 is 2.25 bits per heavy atom. The van der Waals surface area contributed by atoms with Crippen molar-refractivity contribution < 1.29 is 4.39 Å². The average Bonchev–Trinajstić information content (AvgIpc) is 3.76. The van der Waals surface area contributed by atoms with Gasteiger partial charge in [0.1, 0.15) is 23.5 Å². The standard InChI is InChI=1S/C32H22FN3/c33-26-18-16-23(17-19-26)31-28-11-6-7-13-30(28)36-32(24-14-15-24)29(31)12-5-4-10-27(25(20-34)21-35)22-8-2-1-3-9-22/h1-13,16-19,24H,14-15H2/b10-4+,12-5+. The number of hydrogen-bond acceptors (Lipinski definition) is 3. The lowest BCUT2D eigenvalue weighted by atomic mass is 9.92. The molecule has 4 heteroatoms. The molecule has 1 saturated carbocycles. The first-order chi connectivity index (χ1) is 17.7. The molecule has 1 heterocycles. The van der Waals surface area contributed by atoms with Gasteiger partial charge in [0.25, 0.3) is 0 Å². The van der Waals surface area contributed by atoms with Crippen LogP contribution in [0.3, 0.4) is 0 Å². The van der Waals surface area contributed by atoms with Crippen molar-refractivity contribution >= 4 is 22.6 Å². The van der Waals surface area contributed by atoms with Gasteiger partial charge < -0.3 is 0 Å². The molecule has 0 N–H and O–H groups in total. The summed E-state index contributed by atoms with van der Waals surface area (Å²) < 4.78 is 13.7. The first-order valence-corrected chi connectivity index (χ1v) is 11.8. The lowest BCUT2D eigenvalue weighted by Gasteiger charge is -2.15. The third kappa shape index (κ3) is 4.71. The molecule has 0 radical (unpaired) electrons. The van der Waals surface area contributed by atoms with E-state index in [-0.39, 0.29) is 11.4 Å². The van der Waals surface area contributed by atoms with Gasteiger partial charge in [-0.3, -0.25) is 4.98 Å². The largest absolute Gasteiger partial charge is 0.252 e. The van der Waals surface area contributed by atoms with Crippen LogP contribution >= 0.6 is 0 Å². The molecule has 5 rings (SSSR count). The zero-order valence-electron chi connectivity index (χ0n) is 19.5. The quantitative estimate of drug-likeness (QED) is 0.213. The van der Waals surface area contributed by atoms with Crippen LogP contribution in [-0.4, -0.2) is 4.98 Å². The third-order valence-electron chi connectivity index (χ3n) is 6.27. The van der Waals surface area contributed by atoms with Crippen molar-refractivity contribution in [3.8, 4) is 23.3 Å². The number of nitriles is 2. The topological polar surface area (TPSA) is 60.5 Å². The maximum absolute atomic E-state index is 13.7. The summed E-state index contributed by atoms with van der Waals surface area (Å²) in [5.41, 5.74) is 6.38. The number of fused-ring (bicyclic) bond motifs is 1. The van der Waals surface area contributed by atoms with Crippen molar-refractivity contribution in [1.29, 1.82) is 10.5 Å². The predicted molar refractivity (Wildman–Crippen MR) is 142 cm³/mol. The minimum atomic E-state index is -0.273. The van der Waals surface area contributed by atoms with Gasteiger partial charge in [-0.05, 0) is 42.2 Å². The fourth-order valence-electron chi connectivity index (χ4n) is 4.40. The van der Waals surface area contributed by atoms with Crippen LogP contribution < -0.4 is 0 Å². The molecule has 1 aliphatic carbocycles. The van der Waals surface area contributed by atoms with Crippen molar-refractivity contribution in [3.63, 3.8) is 0 Å². The van der Waals surface area contributed by atoms with Crippen LogP contribution in [0, 0.1) is 28.5 Å². The van der Waals surface area contributed by atoms with E-state index in [2.05, 4.69) is 0 Å². The van der Waals surface area contributed by atoms with Crippen molar-refractivity contribution in [3.05, 3.63) is 125 Å². The molecule has 3 nitrogen and oxygen atoms in total. The van der Waals surface area contributed by atoms with Gasteiger partial charge in [-0.1, -0.05) is 85.0 Å². The van der Waals surface area contributed by atoms with E-state index >= 15 is 0 Å². The summed E-state index contributed by atoms with van der Waals surface area (Å²) in [7, 11) is 0. The van der Waals surface area contributed by atoms with Gasteiger partial charge in [0.2, 0.25) is 0 Å². The SMILES string of the molecule is N#CC(C#N)=C(/C=C/C=C/c1c(C2CC2)nc2ccccc2c1-c1ccc(F)cc1)c1ccccc1. The summed E-state index contributed by atoms with van der Waals surface area (Å²) in [5.74, 6) is 0.131. The van der Waals surface area contributed by atoms with Crippen LogP contribution in [0.2, 0.25) is 0 Å². The van der Waals surface area contributed by atoms with Crippen LogP contribution in [0.5, 0.6) is 0 Å². The Labute approximate surface area is 209 Å². The maximum atomic E-state index is 13.7. The molecule has 0 amide bonds. The van der Waals surface area contributed by atoms with Gasteiger partial charge in [-0.25, -0.2) is 4.39 Å². The van der Waals surface area contributed by atoms with Crippen LogP contribution in [0.15, 0.2) is 103 Å².